The molecule has 1 heterocycles. The topological polar surface area (TPSA) is 43.8 Å². The van der Waals surface area contributed by atoms with Gasteiger partial charge < -0.3 is 10.3 Å². The molecule has 0 radical (unpaired) electrons. The summed E-state index contributed by atoms with van der Waals surface area (Å²) in [5.41, 5.74) is 9.01. The molecule has 0 saturated carbocycles. The third-order valence-corrected chi connectivity index (χ3v) is 3.83. The van der Waals surface area contributed by atoms with Crippen LogP contribution in [0.15, 0.2) is 40.9 Å². The molecule has 0 unspecified atom stereocenters. The van der Waals surface area contributed by atoms with E-state index >= 15 is 0 Å². The maximum atomic E-state index is 13.3. The van der Waals surface area contributed by atoms with E-state index in [1.807, 2.05) is 29.8 Å². The standard InChI is InChI=1S/C14H11BrFN3/c1-19-12-7-8(16)5-6-11(12)18-14(19)9-3-2-4-10(15)13(9)17/h2-7H,17H2,1H3. The molecule has 96 valence electrons. The number of nitrogens with two attached hydrogens (primary N) is 1. The van der Waals surface area contributed by atoms with Crippen molar-refractivity contribution < 1.29 is 4.39 Å². The molecule has 3 nitrogen and oxygen atoms in total. The van der Waals surface area contributed by atoms with Gasteiger partial charge in [0.1, 0.15) is 11.6 Å². The first kappa shape index (κ1) is 12.2. The van der Waals surface area contributed by atoms with Gasteiger partial charge in [-0.3, -0.25) is 0 Å². The van der Waals surface area contributed by atoms with Crippen LogP contribution in [0.1, 0.15) is 0 Å². The summed E-state index contributed by atoms with van der Waals surface area (Å²) in [6.45, 7) is 0. The van der Waals surface area contributed by atoms with Gasteiger partial charge in [-0.05, 0) is 46.3 Å². The predicted molar refractivity (Wildman–Crippen MR) is 78.2 cm³/mol. The van der Waals surface area contributed by atoms with Crippen LogP contribution in [-0.2, 0) is 7.05 Å². The van der Waals surface area contributed by atoms with Crippen LogP contribution >= 0.6 is 15.9 Å². The average molecular weight is 320 g/mol. The molecule has 3 rings (SSSR count). The van der Waals surface area contributed by atoms with E-state index in [1.165, 1.54) is 12.1 Å². The Labute approximate surface area is 118 Å². The number of nitrogen functional groups attached to an aromatic ring is 1. The SMILES string of the molecule is Cn1c(-c2cccc(Br)c2N)nc2ccc(F)cc21. The quantitative estimate of drug-likeness (QED) is 0.695. The molecule has 0 atom stereocenters. The van der Waals surface area contributed by atoms with Crippen LogP contribution in [0, 0.1) is 5.82 Å². The zero-order valence-corrected chi connectivity index (χ0v) is 11.8. The first-order valence-corrected chi connectivity index (χ1v) is 6.53. The van der Waals surface area contributed by atoms with Gasteiger partial charge in [-0.2, -0.15) is 0 Å². The Kier molecular flexibility index (Phi) is 2.78. The first-order valence-electron chi connectivity index (χ1n) is 5.74. The van der Waals surface area contributed by atoms with Crippen LogP contribution < -0.4 is 5.73 Å². The summed E-state index contributed by atoms with van der Waals surface area (Å²) < 4.78 is 16.0. The molecule has 1 aromatic heterocycles. The Hall–Kier alpha value is -1.88. The second-order valence-electron chi connectivity index (χ2n) is 4.33. The van der Waals surface area contributed by atoms with Crippen LogP contribution in [0.3, 0.4) is 0 Å². The molecular formula is C14H11BrFN3. The van der Waals surface area contributed by atoms with Crippen LogP contribution in [0.25, 0.3) is 22.4 Å². The molecule has 2 aromatic carbocycles. The Morgan fingerprint density at radius 1 is 1.26 bits per heavy atom. The van der Waals surface area contributed by atoms with E-state index in [2.05, 4.69) is 20.9 Å². The molecule has 0 aliphatic rings. The highest BCUT2D eigenvalue weighted by Crippen LogP contribution is 2.32. The molecule has 3 aromatic rings. The van der Waals surface area contributed by atoms with Crippen LogP contribution in [0.4, 0.5) is 10.1 Å². The van der Waals surface area contributed by atoms with Gasteiger partial charge >= 0.3 is 0 Å². The Bertz CT molecular complexity index is 780. The zero-order valence-electron chi connectivity index (χ0n) is 10.2. The van der Waals surface area contributed by atoms with Crippen molar-refractivity contribution in [1.29, 1.82) is 0 Å². The minimum Gasteiger partial charge on any atom is -0.397 e. The molecule has 0 amide bonds. The largest absolute Gasteiger partial charge is 0.397 e. The fourth-order valence-corrected chi connectivity index (χ4v) is 2.50. The number of hydrogen-bond acceptors (Lipinski definition) is 2. The highest BCUT2D eigenvalue weighted by molar-refractivity contribution is 9.10. The number of hydrogen-bond donors (Lipinski definition) is 1. The monoisotopic (exact) mass is 319 g/mol. The van der Waals surface area contributed by atoms with Gasteiger partial charge in [0.25, 0.3) is 0 Å². The van der Waals surface area contributed by atoms with Crippen molar-refractivity contribution in [3.05, 3.63) is 46.7 Å². The van der Waals surface area contributed by atoms with Crippen molar-refractivity contribution in [2.45, 2.75) is 0 Å². The fraction of sp³-hybridized carbons (Fsp3) is 0.0714. The number of benzene rings is 2. The van der Waals surface area contributed by atoms with E-state index in [9.17, 15) is 4.39 Å². The van der Waals surface area contributed by atoms with Crippen molar-refractivity contribution in [1.82, 2.24) is 9.55 Å². The van der Waals surface area contributed by atoms with Gasteiger partial charge in [-0.25, -0.2) is 9.37 Å². The highest BCUT2D eigenvalue weighted by atomic mass is 79.9. The molecule has 2 N–H and O–H groups in total. The van der Waals surface area contributed by atoms with Gasteiger partial charge in [0.15, 0.2) is 0 Å². The molecule has 0 spiro atoms. The van der Waals surface area contributed by atoms with E-state index in [1.54, 1.807) is 6.07 Å². The lowest BCUT2D eigenvalue weighted by Crippen LogP contribution is -1.97. The van der Waals surface area contributed by atoms with Gasteiger partial charge in [0.2, 0.25) is 0 Å². The summed E-state index contributed by atoms with van der Waals surface area (Å²) >= 11 is 3.40. The summed E-state index contributed by atoms with van der Waals surface area (Å²) in [4.78, 5) is 4.52. The molecule has 0 aliphatic carbocycles. The number of imidazole rings is 1. The van der Waals surface area contributed by atoms with Crippen LogP contribution in [-0.4, -0.2) is 9.55 Å². The van der Waals surface area contributed by atoms with Gasteiger partial charge in [-0.15, -0.1) is 0 Å². The number of anilines is 1. The first-order chi connectivity index (χ1) is 9.08. The predicted octanol–water partition coefficient (Wildman–Crippen LogP) is 3.72. The smallest absolute Gasteiger partial charge is 0.142 e. The summed E-state index contributed by atoms with van der Waals surface area (Å²) in [7, 11) is 1.85. The summed E-state index contributed by atoms with van der Waals surface area (Å²) in [6, 6.07) is 10.2. The lowest BCUT2D eigenvalue weighted by Gasteiger charge is -2.07. The van der Waals surface area contributed by atoms with Crippen molar-refractivity contribution >= 4 is 32.7 Å². The summed E-state index contributed by atoms with van der Waals surface area (Å²) in [5, 5.41) is 0. The van der Waals surface area contributed by atoms with Crippen molar-refractivity contribution in [3.63, 3.8) is 0 Å². The Morgan fingerprint density at radius 2 is 2.05 bits per heavy atom. The molecule has 5 heteroatoms. The number of halogens is 2. The van der Waals surface area contributed by atoms with E-state index in [0.29, 0.717) is 5.69 Å². The third kappa shape index (κ3) is 1.90. The Morgan fingerprint density at radius 3 is 2.84 bits per heavy atom. The molecular weight excluding hydrogens is 309 g/mol. The summed E-state index contributed by atoms with van der Waals surface area (Å²) in [6.07, 6.45) is 0. The van der Waals surface area contributed by atoms with Crippen molar-refractivity contribution in [3.8, 4) is 11.4 Å². The second-order valence-corrected chi connectivity index (χ2v) is 5.18. The highest BCUT2D eigenvalue weighted by Gasteiger charge is 2.13. The normalized spacial score (nSPS) is 11.1. The number of aromatic nitrogens is 2. The zero-order chi connectivity index (χ0) is 13.6. The molecule has 0 bridgehead atoms. The molecule has 19 heavy (non-hydrogen) atoms. The van der Waals surface area contributed by atoms with Crippen molar-refractivity contribution in [2.75, 3.05) is 5.73 Å². The number of para-hydroxylation sites is 1. The number of rotatable bonds is 1. The van der Waals surface area contributed by atoms with E-state index < -0.39 is 0 Å². The number of fused-ring (bicyclic) bond motifs is 1. The minimum atomic E-state index is -0.274. The van der Waals surface area contributed by atoms with E-state index in [0.717, 1.165) is 26.9 Å². The van der Waals surface area contributed by atoms with Crippen molar-refractivity contribution in [2.24, 2.45) is 7.05 Å². The minimum absolute atomic E-state index is 0.274. The van der Waals surface area contributed by atoms with Gasteiger partial charge in [0.05, 0.1) is 16.7 Å². The van der Waals surface area contributed by atoms with Gasteiger partial charge in [0, 0.05) is 17.1 Å². The molecule has 0 aliphatic heterocycles. The van der Waals surface area contributed by atoms with Crippen LogP contribution in [0.2, 0.25) is 0 Å². The number of nitrogens with zero attached hydrogens (tertiary/aromatic N) is 2. The fourth-order valence-electron chi connectivity index (χ4n) is 2.14. The van der Waals surface area contributed by atoms with Gasteiger partial charge in [-0.1, -0.05) is 6.07 Å². The Balaban J connectivity index is 2.31. The average Bonchev–Trinajstić information content (AvgIpc) is 2.70. The molecule has 0 fully saturated rings. The number of aryl methyl sites for hydroxylation is 1. The maximum absolute atomic E-state index is 13.3. The van der Waals surface area contributed by atoms with E-state index in [4.69, 9.17) is 5.73 Å². The third-order valence-electron chi connectivity index (χ3n) is 3.14. The maximum Gasteiger partial charge on any atom is 0.142 e. The summed E-state index contributed by atoms with van der Waals surface area (Å²) in [5.74, 6) is 0.448. The molecule has 0 saturated heterocycles. The second kappa shape index (κ2) is 4.35. The lowest BCUT2D eigenvalue weighted by molar-refractivity contribution is 0.629. The lowest BCUT2D eigenvalue weighted by atomic mass is 10.1. The van der Waals surface area contributed by atoms with E-state index in [-0.39, 0.29) is 5.82 Å². The van der Waals surface area contributed by atoms with Crippen LogP contribution in [0.5, 0.6) is 0 Å².